The van der Waals surface area contributed by atoms with Gasteiger partial charge in [0.2, 0.25) is 5.56 Å². The number of ether oxygens (including phenoxy) is 1. The van der Waals surface area contributed by atoms with Crippen molar-refractivity contribution in [3.63, 3.8) is 0 Å². The van der Waals surface area contributed by atoms with Crippen molar-refractivity contribution in [3.05, 3.63) is 71.8 Å². The van der Waals surface area contributed by atoms with E-state index < -0.39 is 0 Å². The van der Waals surface area contributed by atoms with Crippen LogP contribution in [0.1, 0.15) is 11.1 Å². The molecule has 18 heavy (non-hydrogen) atoms. The summed E-state index contributed by atoms with van der Waals surface area (Å²) >= 11 is 0. The minimum absolute atomic E-state index is 0.604. The van der Waals surface area contributed by atoms with Crippen LogP contribution in [0.4, 0.5) is 0 Å². The van der Waals surface area contributed by atoms with Gasteiger partial charge in [-0.3, -0.25) is 0 Å². The van der Waals surface area contributed by atoms with Gasteiger partial charge in [-0.25, -0.2) is 0 Å². The summed E-state index contributed by atoms with van der Waals surface area (Å²) in [6, 6.07) is 19.2. The minimum atomic E-state index is 0.604. The molecule has 0 bridgehead atoms. The van der Waals surface area contributed by atoms with Crippen LogP contribution in [0, 0.1) is 0 Å². The molecule has 2 aromatic carbocycles. The van der Waals surface area contributed by atoms with Crippen LogP contribution in [0.25, 0.3) is 0 Å². The van der Waals surface area contributed by atoms with Crippen LogP contribution in [0.3, 0.4) is 0 Å². The SMILES string of the molecule is COCCc1ccccc1.O=[C+]c1ccccc1. The van der Waals surface area contributed by atoms with Gasteiger partial charge in [0.25, 0.3) is 0 Å². The molecule has 0 radical (unpaired) electrons. The van der Waals surface area contributed by atoms with Gasteiger partial charge >= 0.3 is 6.29 Å². The Labute approximate surface area is 108 Å². The highest BCUT2D eigenvalue weighted by Gasteiger charge is 1.94. The molecule has 92 valence electrons. The number of rotatable bonds is 4. The van der Waals surface area contributed by atoms with Gasteiger partial charge in [-0.15, -0.1) is 4.79 Å². The van der Waals surface area contributed by atoms with Crippen molar-refractivity contribution < 1.29 is 9.53 Å². The van der Waals surface area contributed by atoms with Crippen LogP contribution in [-0.4, -0.2) is 20.0 Å². The van der Waals surface area contributed by atoms with Crippen LogP contribution < -0.4 is 0 Å². The fourth-order valence-electron chi connectivity index (χ4n) is 1.37. The van der Waals surface area contributed by atoms with E-state index in [-0.39, 0.29) is 0 Å². The fraction of sp³-hybridized carbons (Fsp3) is 0.188. The lowest BCUT2D eigenvalue weighted by molar-refractivity contribution is 0.202. The number of methoxy groups -OCH3 is 1. The third-order valence-electron chi connectivity index (χ3n) is 2.33. The van der Waals surface area contributed by atoms with E-state index in [2.05, 4.69) is 12.1 Å². The van der Waals surface area contributed by atoms with E-state index in [9.17, 15) is 4.79 Å². The lowest BCUT2D eigenvalue weighted by Crippen LogP contribution is -1.92. The molecule has 0 aliphatic rings. The maximum atomic E-state index is 9.88. The Hall–Kier alpha value is -2.02. The maximum absolute atomic E-state index is 9.88. The largest absolute Gasteiger partial charge is 0.384 e. The van der Waals surface area contributed by atoms with E-state index in [0.29, 0.717) is 5.56 Å². The summed E-state index contributed by atoms with van der Waals surface area (Å²) in [5.41, 5.74) is 1.94. The highest BCUT2D eigenvalue weighted by molar-refractivity contribution is 5.74. The maximum Gasteiger partial charge on any atom is 0.303 e. The molecule has 0 amide bonds. The van der Waals surface area contributed by atoms with Crippen LogP contribution in [0.2, 0.25) is 0 Å². The molecular formula is C16H17O2+. The second-order valence-corrected chi connectivity index (χ2v) is 3.70. The van der Waals surface area contributed by atoms with Crippen molar-refractivity contribution in [2.24, 2.45) is 0 Å². The lowest BCUT2D eigenvalue weighted by atomic mass is 10.2. The second kappa shape index (κ2) is 9.06. The molecule has 0 aliphatic heterocycles. The van der Waals surface area contributed by atoms with Crippen molar-refractivity contribution in [3.8, 4) is 0 Å². The molecule has 0 atom stereocenters. The first-order valence-corrected chi connectivity index (χ1v) is 5.83. The third-order valence-corrected chi connectivity index (χ3v) is 2.33. The average Bonchev–Trinajstić information content (AvgIpc) is 2.48. The summed E-state index contributed by atoms with van der Waals surface area (Å²) in [6.45, 7) is 0.810. The van der Waals surface area contributed by atoms with E-state index in [4.69, 9.17) is 4.74 Å². The minimum Gasteiger partial charge on any atom is -0.384 e. The number of carbonyl (C=O) groups excluding carboxylic acids is 1. The quantitative estimate of drug-likeness (QED) is 0.769. The molecule has 0 saturated heterocycles. The van der Waals surface area contributed by atoms with Crippen LogP contribution >= 0.6 is 0 Å². The summed E-state index contributed by atoms with van der Waals surface area (Å²) < 4.78 is 4.95. The smallest absolute Gasteiger partial charge is 0.303 e. The summed E-state index contributed by atoms with van der Waals surface area (Å²) in [7, 11) is 1.73. The Kier molecular flexibility index (Phi) is 7.07. The first-order chi connectivity index (χ1) is 8.86. The van der Waals surface area contributed by atoms with Crippen molar-refractivity contribution in [1.29, 1.82) is 0 Å². The van der Waals surface area contributed by atoms with Gasteiger partial charge in [0.05, 0.1) is 18.7 Å². The molecule has 0 fully saturated rings. The highest BCUT2D eigenvalue weighted by atomic mass is 16.5. The highest BCUT2D eigenvalue weighted by Crippen LogP contribution is 1.98. The van der Waals surface area contributed by atoms with Crippen LogP contribution in [0.5, 0.6) is 0 Å². The third kappa shape index (κ3) is 5.90. The number of benzene rings is 2. The van der Waals surface area contributed by atoms with Gasteiger partial charge in [-0.2, -0.15) is 0 Å². The molecule has 2 nitrogen and oxygen atoms in total. The van der Waals surface area contributed by atoms with Gasteiger partial charge in [0, 0.05) is 7.11 Å². The lowest BCUT2D eigenvalue weighted by Gasteiger charge is -1.97. The summed E-state index contributed by atoms with van der Waals surface area (Å²) in [4.78, 5) is 9.88. The number of hydrogen-bond donors (Lipinski definition) is 0. The number of hydrogen-bond acceptors (Lipinski definition) is 2. The van der Waals surface area contributed by atoms with Crippen molar-refractivity contribution in [1.82, 2.24) is 0 Å². The Bertz CT molecular complexity index is 423. The zero-order valence-electron chi connectivity index (χ0n) is 10.5. The van der Waals surface area contributed by atoms with Crippen LogP contribution in [0.15, 0.2) is 60.7 Å². The summed E-state index contributed by atoms with van der Waals surface area (Å²) in [5.74, 6) is 0. The van der Waals surface area contributed by atoms with Gasteiger partial charge < -0.3 is 4.74 Å². The Morgan fingerprint density at radius 1 is 0.944 bits per heavy atom. The monoisotopic (exact) mass is 241 g/mol. The van der Waals surface area contributed by atoms with Crippen molar-refractivity contribution in [2.45, 2.75) is 6.42 Å². The molecule has 2 aromatic rings. The fourth-order valence-corrected chi connectivity index (χ4v) is 1.37. The Morgan fingerprint density at radius 2 is 1.50 bits per heavy atom. The normalized spacial score (nSPS) is 8.94. The first-order valence-electron chi connectivity index (χ1n) is 5.83. The van der Waals surface area contributed by atoms with E-state index in [1.54, 1.807) is 37.7 Å². The van der Waals surface area contributed by atoms with Crippen molar-refractivity contribution >= 4 is 6.29 Å². The standard InChI is InChI=1S/C9H12O.C7H5O/c1-10-8-7-9-5-3-2-4-6-9;8-6-7-4-2-1-3-5-7/h2-6H,7-8H2,1H3;1-5H/q;+1. The van der Waals surface area contributed by atoms with Gasteiger partial charge in [-0.05, 0) is 30.2 Å². The molecule has 2 heteroatoms. The molecule has 0 aromatic heterocycles. The average molecular weight is 241 g/mol. The molecule has 0 heterocycles. The summed E-state index contributed by atoms with van der Waals surface area (Å²) in [6.07, 6.45) is 2.79. The van der Waals surface area contributed by atoms with Gasteiger partial charge in [0.1, 0.15) is 0 Å². The zero-order chi connectivity index (χ0) is 13.1. The van der Waals surface area contributed by atoms with Gasteiger partial charge in [0.15, 0.2) is 0 Å². The Morgan fingerprint density at radius 3 is 1.94 bits per heavy atom. The van der Waals surface area contributed by atoms with Gasteiger partial charge in [-0.1, -0.05) is 30.3 Å². The molecule has 0 spiro atoms. The Balaban J connectivity index is 0.000000184. The molecule has 0 N–H and O–H groups in total. The predicted octanol–water partition coefficient (Wildman–Crippen LogP) is 3.02. The molecule has 0 aliphatic carbocycles. The van der Waals surface area contributed by atoms with E-state index in [1.807, 2.05) is 24.3 Å². The van der Waals surface area contributed by atoms with E-state index in [0.717, 1.165) is 13.0 Å². The second-order valence-electron chi connectivity index (χ2n) is 3.70. The molecule has 2 rings (SSSR count). The predicted molar refractivity (Wildman–Crippen MR) is 73.3 cm³/mol. The molecule has 0 unspecified atom stereocenters. The topological polar surface area (TPSA) is 26.3 Å². The van der Waals surface area contributed by atoms with Crippen LogP contribution in [-0.2, 0) is 16.0 Å². The van der Waals surface area contributed by atoms with E-state index in [1.165, 1.54) is 5.56 Å². The van der Waals surface area contributed by atoms with Crippen molar-refractivity contribution in [2.75, 3.05) is 13.7 Å². The molecule has 0 saturated carbocycles. The summed E-state index contributed by atoms with van der Waals surface area (Å²) in [5, 5.41) is 0. The zero-order valence-corrected chi connectivity index (χ0v) is 10.5. The van der Waals surface area contributed by atoms with E-state index >= 15 is 0 Å². The molecular weight excluding hydrogens is 224 g/mol. The first kappa shape index (κ1) is 14.0.